The fraction of sp³-hybridized carbons (Fsp3) is 0.500. The Labute approximate surface area is 183 Å². The Hall–Kier alpha value is -2.61. The molecule has 2 aromatic rings. The molecule has 0 spiro atoms. The SMILES string of the molecule is CN=C(NCCCN(Cc1cccnc1)C(=O)OC(C)(C)C)NCCc1cccs1. The van der Waals surface area contributed by atoms with E-state index in [2.05, 4.69) is 38.1 Å². The largest absolute Gasteiger partial charge is 0.444 e. The molecule has 8 heteroatoms. The molecule has 0 fully saturated rings. The Morgan fingerprint density at radius 2 is 2.03 bits per heavy atom. The average molecular weight is 432 g/mol. The predicted octanol–water partition coefficient (Wildman–Crippen LogP) is 3.68. The number of aliphatic imine (C=N–C) groups is 1. The van der Waals surface area contributed by atoms with Gasteiger partial charge in [0.05, 0.1) is 6.54 Å². The lowest BCUT2D eigenvalue weighted by Crippen LogP contribution is -2.41. The first kappa shape index (κ1) is 23.7. The number of guanidine groups is 1. The summed E-state index contributed by atoms with van der Waals surface area (Å²) in [5.74, 6) is 0.766. The maximum Gasteiger partial charge on any atom is 0.410 e. The summed E-state index contributed by atoms with van der Waals surface area (Å²) in [7, 11) is 1.76. The van der Waals surface area contributed by atoms with Gasteiger partial charge >= 0.3 is 6.09 Å². The van der Waals surface area contributed by atoms with E-state index >= 15 is 0 Å². The van der Waals surface area contributed by atoms with Crippen LogP contribution in [0.2, 0.25) is 0 Å². The molecule has 0 saturated carbocycles. The van der Waals surface area contributed by atoms with Crippen molar-refractivity contribution in [2.24, 2.45) is 4.99 Å². The lowest BCUT2D eigenvalue weighted by Gasteiger charge is -2.27. The highest BCUT2D eigenvalue weighted by Gasteiger charge is 2.22. The summed E-state index contributed by atoms with van der Waals surface area (Å²) in [6.45, 7) is 8.19. The first-order chi connectivity index (χ1) is 14.4. The molecule has 30 heavy (non-hydrogen) atoms. The molecule has 2 N–H and O–H groups in total. The Bertz CT molecular complexity index is 773. The lowest BCUT2D eigenvalue weighted by atomic mass is 10.2. The van der Waals surface area contributed by atoms with Crippen LogP contribution in [-0.4, -0.2) is 54.2 Å². The third-order valence-electron chi connectivity index (χ3n) is 4.11. The number of pyridine rings is 1. The molecule has 0 aliphatic carbocycles. The monoisotopic (exact) mass is 431 g/mol. The van der Waals surface area contributed by atoms with Gasteiger partial charge in [0.2, 0.25) is 0 Å². The van der Waals surface area contributed by atoms with Gasteiger partial charge in [-0.05, 0) is 56.7 Å². The number of amides is 1. The van der Waals surface area contributed by atoms with Crippen molar-refractivity contribution in [2.75, 3.05) is 26.7 Å². The summed E-state index contributed by atoms with van der Waals surface area (Å²) >= 11 is 1.76. The average Bonchev–Trinajstić information content (AvgIpc) is 3.21. The topological polar surface area (TPSA) is 78.9 Å². The summed E-state index contributed by atoms with van der Waals surface area (Å²) in [4.78, 5) is 24.1. The van der Waals surface area contributed by atoms with Gasteiger partial charge in [-0.2, -0.15) is 0 Å². The van der Waals surface area contributed by atoms with Crippen LogP contribution in [0.15, 0.2) is 47.0 Å². The third-order valence-corrected chi connectivity index (χ3v) is 5.05. The van der Waals surface area contributed by atoms with Crippen molar-refractivity contribution in [3.05, 3.63) is 52.5 Å². The predicted molar refractivity (Wildman–Crippen MR) is 123 cm³/mol. The Kier molecular flexibility index (Phi) is 9.60. The number of rotatable bonds is 9. The van der Waals surface area contributed by atoms with Crippen LogP contribution in [0.4, 0.5) is 4.79 Å². The van der Waals surface area contributed by atoms with E-state index < -0.39 is 5.60 Å². The van der Waals surface area contributed by atoms with E-state index in [0.29, 0.717) is 19.6 Å². The van der Waals surface area contributed by atoms with Gasteiger partial charge < -0.3 is 20.3 Å². The second-order valence-corrected chi connectivity index (χ2v) is 8.90. The molecule has 0 saturated heterocycles. The highest BCUT2D eigenvalue weighted by Crippen LogP contribution is 2.13. The first-order valence-electron chi connectivity index (χ1n) is 10.2. The minimum atomic E-state index is -0.531. The summed E-state index contributed by atoms with van der Waals surface area (Å²) in [6.07, 6.45) is 4.92. The van der Waals surface area contributed by atoms with Crippen LogP contribution in [0.3, 0.4) is 0 Å². The summed E-state index contributed by atoms with van der Waals surface area (Å²) < 4.78 is 5.57. The fourth-order valence-electron chi connectivity index (χ4n) is 2.73. The molecular formula is C22H33N5O2S. The van der Waals surface area contributed by atoms with E-state index in [1.807, 2.05) is 32.9 Å². The fourth-order valence-corrected chi connectivity index (χ4v) is 3.44. The van der Waals surface area contributed by atoms with Gasteiger partial charge in [0.15, 0.2) is 5.96 Å². The van der Waals surface area contributed by atoms with Gasteiger partial charge in [-0.3, -0.25) is 9.98 Å². The molecule has 0 aliphatic heterocycles. The number of carbonyl (C=O) groups excluding carboxylic acids is 1. The second-order valence-electron chi connectivity index (χ2n) is 7.87. The molecule has 0 aromatic carbocycles. The van der Waals surface area contributed by atoms with E-state index in [1.165, 1.54) is 4.88 Å². The van der Waals surface area contributed by atoms with Crippen LogP contribution in [0.5, 0.6) is 0 Å². The summed E-state index contributed by atoms with van der Waals surface area (Å²) in [5, 5.41) is 8.72. The number of nitrogens with one attached hydrogen (secondary N) is 2. The molecular weight excluding hydrogens is 398 g/mol. The van der Waals surface area contributed by atoms with Crippen LogP contribution in [0, 0.1) is 0 Å². The lowest BCUT2D eigenvalue weighted by molar-refractivity contribution is 0.0232. The number of ether oxygens (including phenoxy) is 1. The molecule has 0 unspecified atom stereocenters. The zero-order chi connectivity index (χ0) is 21.8. The molecule has 0 radical (unpaired) electrons. The van der Waals surface area contributed by atoms with E-state index in [-0.39, 0.29) is 6.09 Å². The van der Waals surface area contributed by atoms with Gasteiger partial charge in [0, 0.05) is 44.0 Å². The van der Waals surface area contributed by atoms with Crippen molar-refractivity contribution in [2.45, 2.75) is 45.8 Å². The number of thiophene rings is 1. The maximum atomic E-state index is 12.6. The van der Waals surface area contributed by atoms with Gasteiger partial charge in [-0.15, -0.1) is 11.3 Å². The van der Waals surface area contributed by atoms with Crippen molar-refractivity contribution >= 4 is 23.4 Å². The van der Waals surface area contributed by atoms with E-state index in [1.54, 1.807) is 35.7 Å². The summed E-state index contributed by atoms with van der Waals surface area (Å²) in [6, 6.07) is 8.03. The van der Waals surface area contributed by atoms with Crippen LogP contribution in [-0.2, 0) is 17.7 Å². The number of hydrogen-bond acceptors (Lipinski definition) is 5. The number of nitrogens with zero attached hydrogens (tertiary/aromatic N) is 3. The molecule has 1 amide bonds. The van der Waals surface area contributed by atoms with Gasteiger partial charge in [-0.1, -0.05) is 12.1 Å². The van der Waals surface area contributed by atoms with Crippen molar-refractivity contribution in [3.63, 3.8) is 0 Å². The maximum absolute atomic E-state index is 12.6. The van der Waals surface area contributed by atoms with Crippen molar-refractivity contribution in [3.8, 4) is 0 Å². The van der Waals surface area contributed by atoms with Gasteiger partial charge in [-0.25, -0.2) is 4.79 Å². The van der Waals surface area contributed by atoms with E-state index in [4.69, 9.17) is 4.74 Å². The quantitative estimate of drug-likeness (QED) is 0.360. The Balaban J connectivity index is 1.79. The summed E-state index contributed by atoms with van der Waals surface area (Å²) in [5.41, 5.74) is 0.444. The molecule has 2 rings (SSSR count). The van der Waals surface area contributed by atoms with Crippen LogP contribution >= 0.6 is 11.3 Å². The number of hydrogen-bond donors (Lipinski definition) is 2. The zero-order valence-electron chi connectivity index (χ0n) is 18.4. The highest BCUT2D eigenvalue weighted by molar-refractivity contribution is 7.09. The second kappa shape index (κ2) is 12.2. The minimum absolute atomic E-state index is 0.315. The molecule has 0 bridgehead atoms. The Morgan fingerprint density at radius 3 is 2.67 bits per heavy atom. The molecule has 2 heterocycles. The van der Waals surface area contributed by atoms with E-state index in [0.717, 1.165) is 30.9 Å². The molecule has 0 aliphatic rings. The van der Waals surface area contributed by atoms with Crippen LogP contribution < -0.4 is 10.6 Å². The molecule has 7 nitrogen and oxygen atoms in total. The normalized spacial score (nSPS) is 11.8. The number of carbonyl (C=O) groups is 1. The van der Waals surface area contributed by atoms with Crippen molar-refractivity contribution in [1.82, 2.24) is 20.5 Å². The zero-order valence-corrected chi connectivity index (χ0v) is 19.2. The highest BCUT2D eigenvalue weighted by atomic mass is 32.1. The van der Waals surface area contributed by atoms with Crippen LogP contribution in [0.1, 0.15) is 37.6 Å². The molecule has 2 aromatic heterocycles. The van der Waals surface area contributed by atoms with Crippen molar-refractivity contribution < 1.29 is 9.53 Å². The molecule has 164 valence electrons. The van der Waals surface area contributed by atoms with Crippen LogP contribution in [0.25, 0.3) is 0 Å². The van der Waals surface area contributed by atoms with Crippen molar-refractivity contribution in [1.29, 1.82) is 0 Å². The molecule has 0 atom stereocenters. The van der Waals surface area contributed by atoms with Gasteiger partial charge in [0.1, 0.15) is 5.60 Å². The van der Waals surface area contributed by atoms with E-state index in [9.17, 15) is 4.79 Å². The Morgan fingerprint density at radius 1 is 1.23 bits per heavy atom. The minimum Gasteiger partial charge on any atom is -0.444 e. The van der Waals surface area contributed by atoms with Gasteiger partial charge in [0.25, 0.3) is 0 Å². The third kappa shape index (κ3) is 9.26. The number of aromatic nitrogens is 1. The first-order valence-corrected chi connectivity index (χ1v) is 11.1. The standard InChI is InChI=1S/C22H33N5O2S/c1-22(2,3)29-21(28)27(17-18-8-5-11-24-16-18)14-7-12-25-20(23-4)26-13-10-19-9-6-15-30-19/h5-6,8-9,11,15-16H,7,10,12-14,17H2,1-4H3,(H2,23,25,26). The smallest absolute Gasteiger partial charge is 0.410 e.